The Labute approximate surface area is 197 Å². The predicted molar refractivity (Wildman–Crippen MR) is 130 cm³/mol. The Morgan fingerprint density at radius 2 is 1.41 bits per heavy atom. The van der Waals surface area contributed by atoms with Crippen molar-refractivity contribution in [3.8, 4) is 0 Å². The Hall–Kier alpha value is -0.0800. The van der Waals surface area contributed by atoms with Crippen molar-refractivity contribution in [2.24, 2.45) is 56.2 Å². The van der Waals surface area contributed by atoms with Gasteiger partial charge in [0.1, 0.15) is 0 Å². The van der Waals surface area contributed by atoms with Gasteiger partial charge in [0.05, 0.1) is 18.8 Å². The third-order valence-corrected chi connectivity index (χ3v) is 14.1. The summed E-state index contributed by atoms with van der Waals surface area (Å²) in [4.78, 5) is 0. The van der Waals surface area contributed by atoms with Crippen LogP contribution in [-0.4, -0.2) is 23.9 Å². The Bertz CT molecular complexity index is 801. The van der Waals surface area contributed by atoms with Gasteiger partial charge in [0.2, 0.25) is 0 Å². The van der Waals surface area contributed by atoms with Crippen LogP contribution in [0.5, 0.6) is 0 Å². The molecule has 6 fully saturated rings. The van der Waals surface area contributed by atoms with Crippen molar-refractivity contribution in [1.82, 2.24) is 0 Å². The average Bonchev–Trinajstić information content (AvgIpc) is 3.05. The van der Waals surface area contributed by atoms with Crippen LogP contribution in [0.25, 0.3) is 0 Å². The molecule has 182 valence electrons. The monoisotopic (exact) mass is 442 g/mol. The Balaban J connectivity index is 1.39. The first-order valence-corrected chi connectivity index (χ1v) is 14.1. The molecule has 1 heterocycles. The van der Waals surface area contributed by atoms with Gasteiger partial charge in [-0.15, -0.1) is 0 Å². The lowest BCUT2D eigenvalue weighted by atomic mass is 9.31. The zero-order valence-corrected chi connectivity index (χ0v) is 22.1. The number of hydrogen-bond donors (Lipinski definition) is 1. The zero-order chi connectivity index (χ0) is 22.9. The van der Waals surface area contributed by atoms with Gasteiger partial charge in [0.25, 0.3) is 0 Å². The normalized spacial score (nSPS) is 60.0. The van der Waals surface area contributed by atoms with Gasteiger partial charge in [-0.3, -0.25) is 0 Å². The van der Waals surface area contributed by atoms with Crippen molar-refractivity contribution in [3.63, 3.8) is 0 Å². The summed E-state index contributed by atoms with van der Waals surface area (Å²) < 4.78 is 6.71. The summed E-state index contributed by atoms with van der Waals surface area (Å²) in [7, 11) is 0. The molecule has 0 radical (unpaired) electrons. The summed E-state index contributed by atoms with van der Waals surface area (Å²) in [5.41, 5.74) is 2.16. The summed E-state index contributed by atoms with van der Waals surface area (Å²) in [5, 5.41) is 10.9. The van der Waals surface area contributed by atoms with E-state index in [0.717, 1.165) is 30.8 Å². The molecule has 1 N–H and O–H groups in total. The second-order valence-corrected chi connectivity index (χ2v) is 15.7. The van der Waals surface area contributed by atoms with Crippen molar-refractivity contribution >= 4 is 0 Å². The van der Waals surface area contributed by atoms with Crippen molar-refractivity contribution in [2.45, 2.75) is 125 Å². The fourth-order valence-corrected chi connectivity index (χ4v) is 12.0. The quantitative estimate of drug-likeness (QED) is 0.428. The van der Waals surface area contributed by atoms with Crippen LogP contribution in [0.3, 0.4) is 0 Å². The smallest absolute Gasteiger partial charge is 0.0663 e. The first kappa shape index (κ1) is 22.4. The highest BCUT2D eigenvalue weighted by atomic mass is 16.5. The second-order valence-electron chi connectivity index (χ2n) is 15.7. The summed E-state index contributed by atoms with van der Waals surface area (Å²) in [6.45, 7) is 18.9. The molecule has 32 heavy (non-hydrogen) atoms. The number of rotatable bonds is 0. The van der Waals surface area contributed by atoms with Crippen LogP contribution >= 0.6 is 0 Å². The number of hydrogen-bond acceptors (Lipinski definition) is 2. The third kappa shape index (κ3) is 2.41. The molecule has 5 saturated carbocycles. The fraction of sp³-hybridized carbons (Fsp3) is 1.00. The molecule has 2 nitrogen and oxygen atoms in total. The van der Waals surface area contributed by atoms with Crippen LogP contribution in [-0.2, 0) is 4.74 Å². The SMILES string of the molecule is CC1(C)CC[C@@]23CC[C@]4(C)[C@H](CC[C@@H]5[C@]6(C)CC[C@H](O)C(C)(C)[C@@H]6CC[C@@]54C)[C@@H]2[C@H]1OC3. The van der Waals surface area contributed by atoms with Crippen LogP contribution in [0, 0.1) is 56.2 Å². The Kier molecular flexibility index (Phi) is 4.46. The molecule has 2 bridgehead atoms. The highest BCUT2D eigenvalue weighted by Crippen LogP contribution is 2.78. The number of aliphatic hydroxyl groups excluding tert-OH is 1. The third-order valence-electron chi connectivity index (χ3n) is 14.1. The number of aliphatic hydroxyl groups is 1. The van der Waals surface area contributed by atoms with Crippen LogP contribution in [0.1, 0.15) is 113 Å². The van der Waals surface area contributed by atoms with E-state index in [1.165, 1.54) is 57.8 Å². The predicted octanol–water partition coefficient (Wildman–Crippen LogP) is 7.24. The minimum atomic E-state index is -0.122. The molecule has 6 aliphatic rings. The largest absolute Gasteiger partial charge is 0.393 e. The molecule has 6 rings (SSSR count). The van der Waals surface area contributed by atoms with E-state index in [1.807, 2.05) is 0 Å². The maximum Gasteiger partial charge on any atom is 0.0663 e. The molecule has 10 atom stereocenters. The zero-order valence-electron chi connectivity index (χ0n) is 22.1. The molecule has 0 aromatic heterocycles. The molecule has 0 amide bonds. The molecule has 0 spiro atoms. The minimum Gasteiger partial charge on any atom is -0.393 e. The van der Waals surface area contributed by atoms with Crippen LogP contribution in [0.4, 0.5) is 0 Å². The van der Waals surface area contributed by atoms with E-state index >= 15 is 0 Å². The van der Waals surface area contributed by atoms with E-state index in [-0.39, 0.29) is 11.5 Å². The maximum absolute atomic E-state index is 10.9. The van der Waals surface area contributed by atoms with Crippen molar-refractivity contribution < 1.29 is 9.84 Å². The van der Waals surface area contributed by atoms with Gasteiger partial charge in [-0.1, -0.05) is 48.5 Å². The lowest BCUT2D eigenvalue weighted by Gasteiger charge is -2.73. The van der Waals surface area contributed by atoms with Crippen LogP contribution in [0.2, 0.25) is 0 Å². The highest BCUT2D eigenvalue weighted by Gasteiger charge is 2.72. The molecule has 0 aromatic rings. The summed E-state index contributed by atoms with van der Waals surface area (Å²) in [6, 6.07) is 0. The number of fused-ring (bicyclic) bond motifs is 5. The molecule has 1 aliphatic heterocycles. The van der Waals surface area contributed by atoms with E-state index in [1.54, 1.807) is 0 Å². The van der Waals surface area contributed by atoms with Crippen LogP contribution in [0.15, 0.2) is 0 Å². The van der Waals surface area contributed by atoms with E-state index in [0.29, 0.717) is 39.1 Å². The first-order chi connectivity index (χ1) is 14.8. The molecule has 0 unspecified atom stereocenters. The van der Waals surface area contributed by atoms with Crippen LogP contribution < -0.4 is 0 Å². The lowest BCUT2D eigenvalue weighted by molar-refractivity contribution is -0.252. The second kappa shape index (κ2) is 6.37. The molecular formula is C30H50O2. The van der Waals surface area contributed by atoms with Crippen molar-refractivity contribution in [1.29, 1.82) is 0 Å². The summed E-state index contributed by atoms with van der Waals surface area (Å²) in [5.74, 6) is 3.11. The highest BCUT2D eigenvalue weighted by molar-refractivity contribution is 5.21. The Morgan fingerprint density at radius 3 is 2.16 bits per heavy atom. The molecule has 0 aromatic carbocycles. The van der Waals surface area contributed by atoms with Gasteiger partial charge >= 0.3 is 0 Å². The van der Waals surface area contributed by atoms with E-state index in [4.69, 9.17) is 4.74 Å². The summed E-state index contributed by atoms with van der Waals surface area (Å²) >= 11 is 0. The first-order valence-electron chi connectivity index (χ1n) is 14.1. The number of ether oxygens (including phenoxy) is 1. The maximum atomic E-state index is 10.9. The molecule has 5 aliphatic carbocycles. The fourth-order valence-electron chi connectivity index (χ4n) is 12.0. The van der Waals surface area contributed by atoms with Gasteiger partial charge in [0, 0.05) is 0 Å². The van der Waals surface area contributed by atoms with Gasteiger partial charge in [-0.25, -0.2) is 0 Å². The minimum absolute atomic E-state index is 0.0586. The van der Waals surface area contributed by atoms with E-state index < -0.39 is 0 Å². The molecule has 1 saturated heterocycles. The standard InChI is InChI=1S/C30H50O2/c1-25(2)14-16-30-17-15-28(6)19(23(30)24(25)32-18-30)8-9-21-27(5)12-11-22(31)26(3,4)20(27)10-13-29(21,28)7/h19-24,31H,8-18H2,1-7H3/t19-,20+,21-,22+,23-,24-,27-,28-,29+,30+/m1/s1. The van der Waals surface area contributed by atoms with Gasteiger partial charge in [-0.05, 0) is 120 Å². The lowest BCUT2D eigenvalue weighted by Crippen LogP contribution is -2.67. The van der Waals surface area contributed by atoms with E-state index in [2.05, 4.69) is 48.5 Å². The Morgan fingerprint density at radius 1 is 0.688 bits per heavy atom. The average molecular weight is 443 g/mol. The van der Waals surface area contributed by atoms with Gasteiger partial charge in [0.15, 0.2) is 0 Å². The molecule has 2 heteroatoms. The van der Waals surface area contributed by atoms with Crippen molar-refractivity contribution in [3.05, 3.63) is 0 Å². The topological polar surface area (TPSA) is 29.5 Å². The van der Waals surface area contributed by atoms with Gasteiger partial charge in [-0.2, -0.15) is 0 Å². The van der Waals surface area contributed by atoms with Gasteiger partial charge < -0.3 is 9.84 Å². The van der Waals surface area contributed by atoms with E-state index in [9.17, 15) is 5.11 Å². The van der Waals surface area contributed by atoms with Crippen molar-refractivity contribution in [2.75, 3.05) is 6.61 Å². The summed E-state index contributed by atoms with van der Waals surface area (Å²) in [6.07, 6.45) is 13.7. The molecular weight excluding hydrogens is 392 g/mol.